The number of rotatable bonds is 4. The highest BCUT2D eigenvalue weighted by atomic mass is 16.1. The van der Waals surface area contributed by atoms with Crippen molar-refractivity contribution in [1.29, 1.82) is 5.26 Å². The molecule has 0 saturated carbocycles. The molecule has 4 heteroatoms. The van der Waals surface area contributed by atoms with Crippen molar-refractivity contribution in [2.45, 2.75) is 26.3 Å². The molecule has 16 heavy (non-hydrogen) atoms. The minimum atomic E-state index is -0.565. The first kappa shape index (κ1) is 12.2. The normalized spacial score (nSPS) is 13.6. The molecular weight excluding hydrogens is 202 g/mol. The molecule has 84 valence electrons. The quantitative estimate of drug-likeness (QED) is 0.836. The molecule has 1 N–H and O–H groups in total. The van der Waals surface area contributed by atoms with E-state index in [4.69, 9.17) is 5.26 Å². The lowest BCUT2D eigenvalue weighted by atomic mass is 10.1. The Labute approximate surface area is 95.3 Å². The largest absolute Gasteiger partial charge is 0.348 e. The summed E-state index contributed by atoms with van der Waals surface area (Å²) in [5.74, 6) is -0.779. The molecule has 0 aliphatic carbocycles. The van der Waals surface area contributed by atoms with Crippen LogP contribution >= 0.6 is 0 Å². The number of nitrogens with one attached hydrogen (secondary N) is 1. The maximum Gasteiger partial charge on any atom is 0.237 e. The third-order valence-electron chi connectivity index (χ3n) is 2.45. The fraction of sp³-hybridized carbons (Fsp3) is 0.417. The molecule has 0 aliphatic heterocycles. The molecule has 1 aromatic rings. The lowest BCUT2D eigenvalue weighted by Crippen LogP contribution is -2.31. The Balaban J connectivity index is 2.62. The van der Waals surface area contributed by atoms with E-state index in [1.807, 2.05) is 32.0 Å². The molecule has 2 unspecified atom stereocenters. The Morgan fingerprint density at radius 2 is 2.19 bits per heavy atom. The van der Waals surface area contributed by atoms with Crippen LogP contribution in [-0.4, -0.2) is 10.9 Å². The molecule has 0 aliphatic rings. The highest BCUT2D eigenvalue weighted by molar-refractivity contribution is 5.81. The van der Waals surface area contributed by atoms with Gasteiger partial charge in [0.25, 0.3) is 0 Å². The minimum absolute atomic E-state index is 0.0992. The molecule has 0 bridgehead atoms. The summed E-state index contributed by atoms with van der Waals surface area (Å²) in [4.78, 5) is 15.5. The van der Waals surface area contributed by atoms with Gasteiger partial charge >= 0.3 is 0 Å². The molecule has 0 radical (unpaired) electrons. The third-order valence-corrected chi connectivity index (χ3v) is 2.45. The average Bonchev–Trinajstić information content (AvgIpc) is 2.31. The number of pyridine rings is 1. The highest BCUT2D eigenvalue weighted by Crippen LogP contribution is 2.11. The van der Waals surface area contributed by atoms with E-state index in [1.165, 1.54) is 0 Å². The van der Waals surface area contributed by atoms with Crippen LogP contribution in [0.2, 0.25) is 0 Å². The summed E-state index contributed by atoms with van der Waals surface area (Å²) in [5.41, 5.74) is 0.983. The molecule has 0 fully saturated rings. The number of carbonyl (C=O) groups is 1. The maximum absolute atomic E-state index is 11.6. The van der Waals surface area contributed by atoms with Gasteiger partial charge in [0.2, 0.25) is 5.91 Å². The fourth-order valence-corrected chi connectivity index (χ4v) is 1.38. The molecule has 1 aromatic heterocycles. The van der Waals surface area contributed by atoms with Crippen LogP contribution in [0.15, 0.2) is 24.5 Å². The molecule has 1 rings (SSSR count). The molecule has 1 heterocycles. The fourth-order valence-electron chi connectivity index (χ4n) is 1.38. The van der Waals surface area contributed by atoms with Crippen molar-refractivity contribution in [2.75, 3.05) is 0 Å². The zero-order chi connectivity index (χ0) is 12.0. The van der Waals surface area contributed by atoms with Gasteiger partial charge in [-0.1, -0.05) is 6.92 Å². The molecular formula is C12H15N3O. The van der Waals surface area contributed by atoms with E-state index in [1.54, 1.807) is 12.4 Å². The van der Waals surface area contributed by atoms with Gasteiger partial charge in [0.15, 0.2) is 0 Å². The summed E-state index contributed by atoms with van der Waals surface area (Å²) in [5, 5.41) is 11.6. The molecule has 4 nitrogen and oxygen atoms in total. The number of hydrogen-bond donors (Lipinski definition) is 1. The Hall–Kier alpha value is -1.89. The van der Waals surface area contributed by atoms with Crippen molar-refractivity contribution >= 4 is 5.91 Å². The van der Waals surface area contributed by atoms with Gasteiger partial charge in [-0.2, -0.15) is 5.26 Å². The summed E-state index contributed by atoms with van der Waals surface area (Å²) in [6.07, 6.45) is 3.89. The van der Waals surface area contributed by atoms with Crippen LogP contribution in [0.1, 0.15) is 31.9 Å². The van der Waals surface area contributed by atoms with Crippen LogP contribution in [0.3, 0.4) is 0 Å². The zero-order valence-electron chi connectivity index (χ0n) is 9.47. The van der Waals surface area contributed by atoms with Crippen LogP contribution in [0, 0.1) is 17.2 Å². The predicted molar refractivity (Wildman–Crippen MR) is 60.2 cm³/mol. The second-order valence-corrected chi connectivity index (χ2v) is 3.60. The van der Waals surface area contributed by atoms with Gasteiger partial charge in [-0.15, -0.1) is 0 Å². The highest BCUT2D eigenvalue weighted by Gasteiger charge is 2.17. The lowest BCUT2D eigenvalue weighted by Gasteiger charge is -2.15. The van der Waals surface area contributed by atoms with Crippen LogP contribution in [0.25, 0.3) is 0 Å². The smallest absolute Gasteiger partial charge is 0.237 e. The van der Waals surface area contributed by atoms with Gasteiger partial charge < -0.3 is 5.32 Å². The first-order chi connectivity index (χ1) is 7.69. The van der Waals surface area contributed by atoms with Crippen molar-refractivity contribution in [3.63, 3.8) is 0 Å². The molecule has 0 saturated heterocycles. The second kappa shape index (κ2) is 5.86. The minimum Gasteiger partial charge on any atom is -0.348 e. The van der Waals surface area contributed by atoms with E-state index in [2.05, 4.69) is 10.3 Å². The molecule has 2 atom stereocenters. The first-order valence-corrected chi connectivity index (χ1v) is 5.29. The van der Waals surface area contributed by atoms with Gasteiger partial charge in [-0.05, 0) is 31.0 Å². The van der Waals surface area contributed by atoms with Gasteiger partial charge in [0, 0.05) is 12.4 Å². The summed E-state index contributed by atoms with van der Waals surface area (Å²) in [6.45, 7) is 3.71. The van der Waals surface area contributed by atoms with Crippen molar-refractivity contribution in [3.05, 3.63) is 30.1 Å². The van der Waals surface area contributed by atoms with Crippen molar-refractivity contribution < 1.29 is 4.79 Å². The Bertz CT molecular complexity index is 383. The second-order valence-electron chi connectivity index (χ2n) is 3.60. The Kier molecular flexibility index (Phi) is 4.46. The number of aromatic nitrogens is 1. The number of nitrogens with zero attached hydrogens (tertiary/aromatic N) is 2. The summed E-state index contributed by atoms with van der Waals surface area (Å²) in [6, 6.07) is 5.58. The SMILES string of the molecule is CCC(C#N)C(=O)NC(C)c1ccncc1. The topological polar surface area (TPSA) is 65.8 Å². The van der Waals surface area contributed by atoms with Gasteiger partial charge in [-0.25, -0.2) is 0 Å². The van der Waals surface area contributed by atoms with Crippen molar-refractivity contribution in [3.8, 4) is 6.07 Å². The summed E-state index contributed by atoms with van der Waals surface area (Å²) < 4.78 is 0. The van der Waals surface area contributed by atoms with Crippen molar-refractivity contribution in [2.24, 2.45) is 5.92 Å². The standard InChI is InChI=1S/C12H15N3O/c1-3-10(8-13)12(16)15-9(2)11-4-6-14-7-5-11/h4-7,9-10H,3H2,1-2H3,(H,15,16). The summed E-state index contributed by atoms with van der Waals surface area (Å²) >= 11 is 0. The molecule has 1 amide bonds. The van der Waals surface area contributed by atoms with Crippen molar-refractivity contribution in [1.82, 2.24) is 10.3 Å². The first-order valence-electron chi connectivity index (χ1n) is 5.29. The number of carbonyl (C=O) groups excluding carboxylic acids is 1. The van der Waals surface area contributed by atoms with E-state index in [-0.39, 0.29) is 11.9 Å². The Morgan fingerprint density at radius 1 is 1.56 bits per heavy atom. The van der Waals surface area contributed by atoms with E-state index in [0.29, 0.717) is 6.42 Å². The monoisotopic (exact) mass is 217 g/mol. The van der Waals surface area contributed by atoms with Gasteiger partial charge in [0.1, 0.15) is 5.92 Å². The maximum atomic E-state index is 11.6. The number of hydrogen-bond acceptors (Lipinski definition) is 3. The van der Waals surface area contributed by atoms with E-state index >= 15 is 0 Å². The predicted octanol–water partition coefficient (Wildman–Crippen LogP) is 1.81. The Morgan fingerprint density at radius 3 is 2.69 bits per heavy atom. The van der Waals surface area contributed by atoms with Crippen LogP contribution in [-0.2, 0) is 4.79 Å². The van der Waals surface area contributed by atoms with E-state index < -0.39 is 5.92 Å². The van der Waals surface area contributed by atoms with Crippen LogP contribution in [0.4, 0.5) is 0 Å². The van der Waals surface area contributed by atoms with Crippen LogP contribution in [0.5, 0.6) is 0 Å². The van der Waals surface area contributed by atoms with Crippen LogP contribution < -0.4 is 5.32 Å². The number of nitriles is 1. The summed E-state index contributed by atoms with van der Waals surface area (Å²) in [7, 11) is 0. The van der Waals surface area contributed by atoms with Gasteiger partial charge in [-0.3, -0.25) is 9.78 Å². The van der Waals surface area contributed by atoms with E-state index in [9.17, 15) is 4.79 Å². The lowest BCUT2D eigenvalue weighted by molar-refractivity contribution is -0.124. The average molecular weight is 217 g/mol. The van der Waals surface area contributed by atoms with Gasteiger partial charge in [0.05, 0.1) is 12.1 Å². The van der Waals surface area contributed by atoms with E-state index in [0.717, 1.165) is 5.56 Å². The molecule has 0 spiro atoms. The zero-order valence-corrected chi connectivity index (χ0v) is 9.47. The third kappa shape index (κ3) is 3.06. The molecule has 0 aromatic carbocycles. The number of amides is 1.